The van der Waals surface area contributed by atoms with Gasteiger partial charge in [-0.15, -0.1) is 0 Å². The zero-order valence-corrected chi connectivity index (χ0v) is 9.14. The van der Waals surface area contributed by atoms with E-state index in [0.29, 0.717) is 0 Å². The molecule has 0 aromatic rings. The minimum atomic E-state index is -4.83. The van der Waals surface area contributed by atoms with Gasteiger partial charge >= 0.3 is 12.1 Å². The fraction of sp³-hybridized carbons (Fsp3) is 0.700. The third kappa shape index (κ3) is 2.36. The first-order valence-corrected chi connectivity index (χ1v) is 5.19. The molecule has 4 atom stereocenters. The highest BCUT2D eigenvalue weighted by atomic mass is 19.4. The van der Waals surface area contributed by atoms with Crippen molar-refractivity contribution in [3.05, 3.63) is 12.2 Å². The van der Waals surface area contributed by atoms with Crippen molar-refractivity contribution in [2.24, 2.45) is 0 Å². The number of rotatable bonds is 2. The number of esters is 1. The lowest BCUT2D eigenvalue weighted by Gasteiger charge is -2.17. The number of hydrogen-bond donors (Lipinski definition) is 1. The fourth-order valence-corrected chi connectivity index (χ4v) is 1.87. The maximum absolute atomic E-state index is 12.2. The third-order valence-corrected chi connectivity index (χ3v) is 2.83. The topological polar surface area (TPSA) is 65.0 Å². The standard InChI is InChI=1S/C10H11F3O5/c1-4(10(11,12)13)9(15)18-6-3-17-7-5(14)2-16-8(6)7/h5-8,14H,1-3H2/t5-,6+,7+,8+/m0/s1. The van der Waals surface area contributed by atoms with Crippen molar-refractivity contribution < 1.29 is 37.3 Å². The van der Waals surface area contributed by atoms with Crippen molar-refractivity contribution in [3.63, 3.8) is 0 Å². The highest BCUT2D eigenvalue weighted by Crippen LogP contribution is 2.31. The second kappa shape index (κ2) is 4.52. The molecule has 0 bridgehead atoms. The number of alkyl halides is 3. The van der Waals surface area contributed by atoms with Crippen molar-refractivity contribution >= 4 is 5.97 Å². The molecule has 0 aliphatic carbocycles. The second-order valence-electron chi connectivity index (χ2n) is 4.08. The van der Waals surface area contributed by atoms with Crippen molar-refractivity contribution in [1.29, 1.82) is 0 Å². The predicted octanol–water partition coefficient (Wildman–Crippen LogP) is 0.175. The van der Waals surface area contributed by atoms with Crippen molar-refractivity contribution in [2.45, 2.75) is 30.6 Å². The summed E-state index contributed by atoms with van der Waals surface area (Å²) in [6, 6.07) is 0. The normalized spacial score (nSPS) is 35.3. The van der Waals surface area contributed by atoms with Crippen LogP contribution in [-0.4, -0.2) is 54.9 Å². The van der Waals surface area contributed by atoms with E-state index >= 15 is 0 Å². The fourth-order valence-electron chi connectivity index (χ4n) is 1.87. The molecule has 2 aliphatic rings. The first-order valence-electron chi connectivity index (χ1n) is 5.19. The summed E-state index contributed by atoms with van der Waals surface area (Å²) in [6.07, 6.45) is -8.04. The van der Waals surface area contributed by atoms with Crippen LogP contribution >= 0.6 is 0 Å². The van der Waals surface area contributed by atoms with Gasteiger partial charge in [-0.25, -0.2) is 4.79 Å². The molecule has 0 unspecified atom stereocenters. The Balaban J connectivity index is 1.95. The van der Waals surface area contributed by atoms with Crippen LogP contribution in [0.15, 0.2) is 12.2 Å². The number of hydrogen-bond acceptors (Lipinski definition) is 5. The molecular weight excluding hydrogens is 257 g/mol. The minimum absolute atomic E-state index is 0.00357. The number of fused-ring (bicyclic) bond motifs is 1. The Labute approximate surface area is 100 Å². The Hall–Kier alpha value is -1.12. The molecule has 8 heteroatoms. The Bertz CT molecular complexity index is 367. The first-order chi connectivity index (χ1) is 8.30. The van der Waals surface area contributed by atoms with Gasteiger partial charge in [0.25, 0.3) is 0 Å². The van der Waals surface area contributed by atoms with Crippen molar-refractivity contribution in [3.8, 4) is 0 Å². The zero-order chi connectivity index (χ0) is 13.5. The van der Waals surface area contributed by atoms with E-state index in [1.807, 2.05) is 0 Å². The molecule has 2 aliphatic heterocycles. The lowest BCUT2D eigenvalue weighted by Crippen LogP contribution is -2.35. The Morgan fingerprint density at radius 1 is 1.28 bits per heavy atom. The van der Waals surface area contributed by atoms with Crippen LogP contribution in [0, 0.1) is 0 Å². The van der Waals surface area contributed by atoms with Gasteiger partial charge in [-0.1, -0.05) is 6.58 Å². The van der Waals surface area contributed by atoms with Crippen LogP contribution in [0.25, 0.3) is 0 Å². The van der Waals surface area contributed by atoms with Crippen LogP contribution in [0.5, 0.6) is 0 Å². The number of carbonyl (C=O) groups excluding carboxylic acids is 1. The summed E-state index contributed by atoms with van der Waals surface area (Å²) in [5, 5.41) is 9.40. The quantitative estimate of drug-likeness (QED) is 0.571. The summed E-state index contributed by atoms with van der Waals surface area (Å²) in [5.74, 6) is -1.55. The first kappa shape index (κ1) is 13.3. The number of ether oxygens (including phenoxy) is 3. The maximum Gasteiger partial charge on any atom is 0.422 e. The summed E-state index contributed by atoms with van der Waals surface area (Å²) >= 11 is 0. The molecule has 0 aromatic heterocycles. The molecule has 102 valence electrons. The average Bonchev–Trinajstić information content (AvgIpc) is 2.81. The van der Waals surface area contributed by atoms with Gasteiger partial charge in [-0.3, -0.25) is 0 Å². The van der Waals surface area contributed by atoms with E-state index in [0.717, 1.165) is 0 Å². The SMILES string of the molecule is C=C(C(=O)O[C@@H]1CO[C@H]2[C@@H]1OC[C@@H]2O)C(F)(F)F. The van der Waals surface area contributed by atoms with Crippen molar-refractivity contribution in [1.82, 2.24) is 0 Å². The van der Waals surface area contributed by atoms with Gasteiger partial charge in [0, 0.05) is 0 Å². The molecule has 1 N–H and O–H groups in total. The van der Waals surface area contributed by atoms with Crippen molar-refractivity contribution in [2.75, 3.05) is 13.2 Å². The Morgan fingerprint density at radius 2 is 1.89 bits per heavy atom. The molecule has 18 heavy (non-hydrogen) atoms. The molecule has 0 amide bonds. The van der Waals surface area contributed by atoms with Gasteiger partial charge < -0.3 is 19.3 Å². The van der Waals surface area contributed by atoms with Gasteiger partial charge in [0.05, 0.1) is 13.2 Å². The van der Waals surface area contributed by atoms with E-state index in [1.165, 1.54) is 0 Å². The average molecular weight is 268 g/mol. The summed E-state index contributed by atoms with van der Waals surface area (Å²) in [4.78, 5) is 11.2. The number of carbonyl (C=O) groups is 1. The largest absolute Gasteiger partial charge is 0.453 e. The zero-order valence-electron chi connectivity index (χ0n) is 9.14. The Kier molecular flexibility index (Phi) is 3.35. The van der Waals surface area contributed by atoms with E-state index in [9.17, 15) is 23.1 Å². The van der Waals surface area contributed by atoms with Crippen LogP contribution in [0.2, 0.25) is 0 Å². The van der Waals surface area contributed by atoms with Crippen LogP contribution in [0.3, 0.4) is 0 Å². The van der Waals surface area contributed by atoms with E-state index in [-0.39, 0.29) is 13.2 Å². The highest BCUT2D eigenvalue weighted by Gasteiger charge is 2.50. The van der Waals surface area contributed by atoms with Crippen LogP contribution in [0.1, 0.15) is 0 Å². The lowest BCUT2D eigenvalue weighted by molar-refractivity contribution is -0.159. The Morgan fingerprint density at radius 3 is 2.50 bits per heavy atom. The number of aliphatic hydroxyl groups excluding tert-OH is 1. The van der Waals surface area contributed by atoms with Crippen LogP contribution in [-0.2, 0) is 19.0 Å². The van der Waals surface area contributed by atoms with Gasteiger partial charge in [0.1, 0.15) is 23.9 Å². The van der Waals surface area contributed by atoms with E-state index < -0.39 is 42.1 Å². The molecule has 0 saturated carbocycles. The lowest BCUT2D eigenvalue weighted by atomic mass is 10.1. The number of halogens is 3. The van der Waals surface area contributed by atoms with Gasteiger partial charge in [-0.2, -0.15) is 13.2 Å². The molecule has 2 heterocycles. The minimum Gasteiger partial charge on any atom is -0.453 e. The summed E-state index contributed by atoms with van der Waals surface area (Å²) < 4.78 is 51.5. The predicted molar refractivity (Wildman–Crippen MR) is 50.6 cm³/mol. The molecule has 2 saturated heterocycles. The molecule has 0 spiro atoms. The van der Waals surface area contributed by atoms with E-state index in [4.69, 9.17) is 9.47 Å². The maximum atomic E-state index is 12.2. The molecular formula is C10H11F3O5. The van der Waals surface area contributed by atoms with Crippen LogP contribution in [0.4, 0.5) is 13.2 Å². The molecule has 0 aromatic carbocycles. The van der Waals surface area contributed by atoms with Gasteiger partial charge in [-0.05, 0) is 0 Å². The van der Waals surface area contributed by atoms with Gasteiger partial charge in [0.15, 0.2) is 6.10 Å². The number of aliphatic hydroxyl groups is 1. The van der Waals surface area contributed by atoms with Crippen LogP contribution < -0.4 is 0 Å². The van der Waals surface area contributed by atoms with Gasteiger partial charge in [0.2, 0.25) is 0 Å². The molecule has 2 rings (SSSR count). The summed E-state index contributed by atoms with van der Waals surface area (Å²) in [6.45, 7) is 2.53. The van der Waals surface area contributed by atoms with E-state index in [2.05, 4.69) is 11.3 Å². The smallest absolute Gasteiger partial charge is 0.422 e. The third-order valence-electron chi connectivity index (χ3n) is 2.83. The monoisotopic (exact) mass is 268 g/mol. The molecule has 2 fully saturated rings. The highest BCUT2D eigenvalue weighted by molar-refractivity contribution is 5.89. The second-order valence-corrected chi connectivity index (χ2v) is 4.08. The summed E-state index contributed by atoms with van der Waals surface area (Å²) in [7, 11) is 0. The molecule has 5 nitrogen and oxygen atoms in total. The molecule has 0 radical (unpaired) electrons. The van der Waals surface area contributed by atoms with E-state index in [1.54, 1.807) is 0 Å². The summed E-state index contributed by atoms with van der Waals surface area (Å²) in [5.41, 5.74) is -1.58.